The van der Waals surface area contributed by atoms with Crippen LogP contribution in [0.1, 0.15) is 18.1 Å². The van der Waals surface area contributed by atoms with E-state index in [0.29, 0.717) is 41.6 Å². The molecule has 0 aliphatic carbocycles. The quantitative estimate of drug-likeness (QED) is 0.868. The van der Waals surface area contributed by atoms with Crippen LogP contribution < -0.4 is 19.1 Å². The summed E-state index contributed by atoms with van der Waals surface area (Å²) in [6.07, 6.45) is 0. The third kappa shape index (κ3) is 3.71. The van der Waals surface area contributed by atoms with Crippen molar-refractivity contribution >= 4 is 27.3 Å². The number of hydrogen-bond donors (Lipinski definition) is 1. The van der Waals surface area contributed by atoms with Gasteiger partial charge in [-0.3, -0.25) is 9.52 Å². The molecular weight excluding hydrogens is 368 g/mol. The van der Waals surface area contributed by atoms with Gasteiger partial charge in [-0.2, -0.15) is 0 Å². The maximum atomic E-state index is 12.9. The van der Waals surface area contributed by atoms with Gasteiger partial charge in [0.15, 0.2) is 0 Å². The van der Waals surface area contributed by atoms with Gasteiger partial charge in [-0.25, -0.2) is 8.42 Å². The van der Waals surface area contributed by atoms with E-state index in [4.69, 9.17) is 9.47 Å². The average molecular weight is 390 g/mol. The van der Waals surface area contributed by atoms with Crippen LogP contribution in [-0.4, -0.2) is 34.6 Å². The first kappa shape index (κ1) is 19.0. The van der Waals surface area contributed by atoms with Gasteiger partial charge in [-0.05, 0) is 49.2 Å². The number of nitrogens with one attached hydrogen (secondary N) is 1. The Hall–Kier alpha value is -2.74. The molecule has 144 valence electrons. The molecule has 7 nitrogen and oxygen atoms in total. The van der Waals surface area contributed by atoms with Crippen molar-refractivity contribution in [1.82, 2.24) is 0 Å². The molecule has 0 unspecified atom stereocenters. The van der Waals surface area contributed by atoms with Crippen molar-refractivity contribution in [2.75, 3.05) is 29.9 Å². The Morgan fingerprint density at radius 2 is 1.93 bits per heavy atom. The predicted octanol–water partition coefficient (Wildman–Crippen LogP) is 2.86. The van der Waals surface area contributed by atoms with Crippen LogP contribution in [0.15, 0.2) is 35.2 Å². The molecule has 1 N–H and O–H groups in total. The van der Waals surface area contributed by atoms with E-state index in [9.17, 15) is 13.2 Å². The van der Waals surface area contributed by atoms with Gasteiger partial charge in [-0.15, -0.1) is 0 Å². The highest BCUT2D eigenvalue weighted by atomic mass is 32.2. The number of nitrogens with zero attached hydrogens (tertiary/aromatic N) is 1. The van der Waals surface area contributed by atoms with Crippen LogP contribution in [0.4, 0.5) is 11.4 Å². The first-order valence-corrected chi connectivity index (χ1v) is 9.94. The van der Waals surface area contributed by atoms with E-state index in [1.807, 2.05) is 0 Å². The van der Waals surface area contributed by atoms with Gasteiger partial charge in [0.2, 0.25) is 5.91 Å². The molecule has 1 heterocycles. The van der Waals surface area contributed by atoms with Gasteiger partial charge in [-0.1, -0.05) is 0 Å². The molecule has 3 rings (SSSR count). The highest BCUT2D eigenvalue weighted by Gasteiger charge is 2.23. The summed E-state index contributed by atoms with van der Waals surface area (Å²) in [6, 6.07) is 8.17. The monoisotopic (exact) mass is 390 g/mol. The lowest BCUT2D eigenvalue weighted by atomic mass is 10.1. The molecule has 0 atom stereocenters. The number of ether oxygens (including phenoxy) is 2. The molecular formula is C19H22N2O5S. The predicted molar refractivity (Wildman–Crippen MR) is 103 cm³/mol. The molecule has 27 heavy (non-hydrogen) atoms. The number of benzene rings is 2. The molecule has 1 aliphatic heterocycles. The summed E-state index contributed by atoms with van der Waals surface area (Å²) >= 11 is 0. The van der Waals surface area contributed by atoms with Crippen LogP contribution in [0.25, 0.3) is 0 Å². The smallest absolute Gasteiger partial charge is 0.262 e. The minimum atomic E-state index is -3.79. The number of sulfonamides is 1. The van der Waals surface area contributed by atoms with Gasteiger partial charge in [0.25, 0.3) is 10.0 Å². The molecule has 0 bridgehead atoms. The number of hydrogen-bond acceptors (Lipinski definition) is 5. The Morgan fingerprint density at radius 3 is 2.59 bits per heavy atom. The van der Waals surface area contributed by atoms with E-state index < -0.39 is 10.0 Å². The number of carbonyl (C=O) groups is 1. The number of rotatable bonds is 4. The molecule has 0 aromatic heterocycles. The molecule has 0 saturated heterocycles. The summed E-state index contributed by atoms with van der Waals surface area (Å²) in [6.45, 7) is 5.83. The standard InChI is InChI=1S/C19H22N2O5S/c1-12-10-19(13(2)9-17(12)25-4)27(23,24)20-15-5-6-16-18(11-15)26-8-7-21(16)14(3)22/h5-6,9-11,20H,7-8H2,1-4H3. The molecule has 1 aliphatic rings. The second-order valence-corrected chi connectivity index (χ2v) is 8.05. The van der Waals surface area contributed by atoms with Gasteiger partial charge in [0, 0.05) is 13.0 Å². The maximum absolute atomic E-state index is 12.9. The van der Waals surface area contributed by atoms with Crippen LogP contribution in [-0.2, 0) is 14.8 Å². The third-order valence-electron chi connectivity index (χ3n) is 4.44. The Balaban J connectivity index is 1.93. The van der Waals surface area contributed by atoms with E-state index in [-0.39, 0.29) is 10.8 Å². The summed E-state index contributed by atoms with van der Waals surface area (Å²) < 4.78 is 39.1. The largest absolute Gasteiger partial charge is 0.496 e. The zero-order valence-corrected chi connectivity index (χ0v) is 16.5. The van der Waals surface area contributed by atoms with Gasteiger partial charge in [0.05, 0.1) is 29.9 Å². The van der Waals surface area contributed by atoms with Crippen molar-refractivity contribution in [3.05, 3.63) is 41.5 Å². The summed E-state index contributed by atoms with van der Waals surface area (Å²) in [4.78, 5) is 13.5. The van der Waals surface area contributed by atoms with Crippen LogP contribution in [0, 0.1) is 13.8 Å². The summed E-state index contributed by atoms with van der Waals surface area (Å²) in [5, 5.41) is 0. The van der Waals surface area contributed by atoms with Crippen molar-refractivity contribution in [3.8, 4) is 11.5 Å². The molecule has 0 spiro atoms. The third-order valence-corrected chi connectivity index (χ3v) is 5.96. The Kier molecular flexibility index (Phi) is 5.01. The molecule has 2 aromatic rings. The number of fused-ring (bicyclic) bond motifs is 1. The summed E-state index contributed by atoms with van der Waals surface area (Å²) in [7, 11) is -2.24. The van der Waals surface area contributed by atoms with E-state index in [1.54, 1.807) is 56.2 Å². The highest BCUT2D eigenvalue weighted by molar-refractivity contribution is 7.92. The van der Waals surface area contributed by atoms with Gasteiger partial charge >= 0.3 is 0 Å². The zero-order valence-electron chi connectivity index (χ0n) is 15.7. The Morgan fingerprint density at radius 1 is 1.19 bits per heavy atom. The molecule has 0 radical (unpaired) electrons. The fraction of sp³-hybridized carbons (Fsp3) is 0.316. The minimum Gasteiger partial charge on any atom is -0.496 e. The fourth-order valence-electron chi connectivity index (χ4n) is 3.09. The zero-order chi connectivity index (χ0) is 19.8. The lowest BCUT2D eigenvalue weighted by Crippen LogP contribution is -2.36. The van der Waals surface area contributed by atoms with Crippen molar-refractivity contribution in [2.24, 2.45) is 0 Å². The van der Waals surface area contributed by atoms with Crippen LogP contribution >= 0.6 is 0 Å². The summed E-state index contributed by atoms with van der Waals surface area (Å²) in [5.41, 5.74) is 2.32. The second kappa shape index (κ2) is 7.11. The highest BCUT2D eigenvalue weighted by Crippen LogP contribution is 2.35. The van der Waals surface area contributed by atoms with Crippen LogP contribution in [0.2, 0.25) is 0 Å². The first-order chi connectivity index (χ1) is 12.7. The fourth-order valence-corrected chi connectivity index (χ4v) is 4.46. The van der Waals surface area contributed by atoms with Crippen molar-refractivity contribution in [1.29, 1.82) is 0 Å². The average Bonchev–Trinajstić information content (AvgIpc) is 2.61. The van der Waals surface area contributed by atoms with Crippen molar-refractivity contribution in [2.45, 2.75) is 25.7 Å². The Labute approximate surface area is 158 Å². The van der Waals surface area contributed by atoms with E-state index in [2.05, 4.69) is 4.72 Å². The van der Waals surface area contributed by atoms with Gasteiger partial charge in [0.1, 0.15) is 18.1 Å². The lowest BCUT2D eigenvalue weighted by molar-refractivity contribution is -0.116. The number of aryl methyl sites for hydroxylation is 2. The number of anilines is 2. The second-order valence-electron chi connectivity index (χ2n) is 6.39. The SMILES string of the molecule is COc1cc(C)c(S(=O)(=O)Nc2ccc3c(c2)OCCN3C(C)=O)cc1C. The number of amides is 1. The van der Waals surface area contributed by atoms with Crippen molar-refractivity contribution in [3.63, 3.8) is 0 Å². The minimum absolute atomic E-state index is 0.0859. The van der Waals surface area contributed by atoms with Crippen LogP contribution in [0.5, 0.6) is 11.5 Å². The van der Waals surface area contributed by atoms with E-state index in [0.717, 1.165) is 5.56 Å². The Bertz CT molecular complexity index is 1000. The van der Waals surface area contributed by atoms with E-state index >= 15 is 0 Å². The van der Waals surface area contributed by atoms with Crippen molar-refractivity contribution < 1.29 is 22.7 Å². The van der Waals surface area contributed by atoms with Crippen LogP contribution in [0.3, 0.4) is 0 Å². The molecule has 0 fully saturated rings. The molecule has 0 saturated carbocycles. The van der Waals surface area contributed by atoms with Gasteiger partial charge < -0.3 is 14.4 Å². The number of methoxy groups -OCH3 is 1. The normalized spacial score (nSPS) is 13.6. The van der Waals surface area contributed by atoms with E-state index in [1.165, 1.54) is 6.92 Å². The number of carbonyl (C=O) groups excluding carboxylic acids is 1. The molecule has 8 heteroatoms. The summed E-state index contributed by atoms with van der Waals surface area (Å²) in [5.74, 6) is 1.02. The first-order valence-electron chi connectivity index (χ1n) is 8.46. The lowest BCUT2D eigenvalue weighted by Gasteiger charge is -2.29. The topological polar surface area (TPSA) is 84.9 Å². The molecule has 1 amide bonds. The maximum Gasteiger partial charge on any atom is 0.262 e. The molecule has 2 aromatic carbocycles.